The summed E-state index contributed by atoms with van der Waals surface area (Å²) >= 11 is 0. The van der Waals surface area contributed by atoms with Crippen LogP contribution in [0.3, 0.4) is 0 Å². The molecule has 2 saturated heterocycles. The summed E-state index contributed by atoms with van der Waals surface area (Å²) in [7, 11) is 0. The molecule has 0 aromatic carbocycles. The van der Waals surface area contributed by atoms with Gasteiger partial charge in [0.25, 0.3) is 0 Å². The van der Waals surface area contributed by atoms with Gasteiger partial charge in [-0.25, -0.2) is 0 Å². The maximum atomic E-state index is 13.0. The number of amides is 2. The molecule has 2 amide bonds. The molecule has 2 aliphatic heterocycles. The minimum Gasteiger partial charge on any atom is -0.465 e. The fourth-order valence-electron chi connectivity index (χ4n) is 4.08. The van der Waals surface area contributed by atoms with Crippen LogP contribution in [0.15, 0.2) is 0 Å². The summed E-state index contributed by atoms with van der Waals surface area (Å²) in [6.45, 7) is 11.5. The predicted octanol–water partition coefficient (Wildman–Crippen LogP) is 1.76. The zero-order chi connectivity index (χ0) is 20.2. The van der Waals surface area contributed by atoms with E-state index in [-0.39, 0.29) is 30.4 Å². The molecule has 1 unspecified atom stereocenters. The Morgan fingerprint density at radius 2 is 1.81 bits per heavy atom. The van der Waals surface area contributed by atoms with Gasteiger partial charge in [0.15, 0.2) is 0 Å². The monoisotopic (exact) mass is 381 g/mol. The highest BCUT2D eigenvalue weighted by molar-refractivity contribution is 5.88. The summed E-state index contributed by atoms with van der Waals surface area (Å²) in [5.41, 5.74) is -0.558. The molecule has 0 saturated carbocycles. The fraction of sp³-hybridized carbons (Fsp3) is 0.850. The number of esters is 1. The molecule has 1 atom stereocenters. The van der Waals surface area contributed by atoms with Gasteiger partial charge >= 0.3 is 5.97 Å². The second-order valence-electron chi connectivity index (χ2n) is 8.57. The van der Waals surface area contributed by atoms with Crippen molar-refractivity contribution in [3.63, 3.8) is 0 Å². The molecule has 1 N–H and O–H groups in total. The van der Waals surface area contributed by atoms with Crippen molar-refractivity contribution in [1.82, 2.24) is 15.1 Å². The molecule has 7 nitrogen and oxygen atoms in total. The number of hydrogen-bond donors (Lipinski definition) is 1. The van der Waals surface area contributed by atoms with Crippen molar-refractivity contribution in [3.8, 4) is 0 Å². The molecule has 2 heterocycles. The van der Waals surface area contributed by atoms with Gasteiger partial charge < -0.3 is 14.5 Å². The molecule has 2 rings (SSSR count). The lowest BCUT2D eigenvalue weighted by molar-refractivity contribution is -0.152. The van der Waals surface area contributed by atoms with E-state index in [2.05, 4.69) is 19.2 Å². The van der Waals surface area contributed by atoms with Gasteiger partial charge in [0.05, 0.1) is 18.3 Å². The number of nitrogens with zero attached hydrogens (tertiary/aromatic N) is 2. The molecule has 0 radical (unpaired) electrons. The van der Waals surface area contributed by atoms with E-state index in [1.165, 1.54) is 0 Å². The third-order valence-corrected chi connectivity index (χ3v) is 5.35. The fourth-order valence-corrected chi connectivity index (χ4v) is 4.08. The number of ether oxygens (including phenoxy) is 1. The van der Waals surface area contributed by atoms with E-state index in [0.717, 1.165) is 6.42 Å². The van der Waals surface area contributed by atoms with Crippen LogP contribution in [-0.4, -0.2) is 65.5 Å². The van der Waals surface area contributed by atoms with Crippen LogP contribution in [0, 0.1) is 11.8 Å². The van der Waals surface area contributed by atoms with Gasteiger partial charge in [-0.1, -0.05) is 27.7 Å². The van der Waals surface area contributed by atoms with Gasteiger partial charge in [0, 0.05) is 32.4 Å². The van der Waals surface area contributed by atoms with E-state index in [0.29, 0.717) is 50.8 Å². The molecule has 2 fully saturated rings. The lowest BCUT2D eigenvalue weighted by Crippen LogP contribution is -2.60. The number of carbonyl (C=O) groups excluding carboxylic acids is 3. The summed E-state index contributed by atoms with van der Waals surface area (Å²) < 4.78 is 5.08. The molecule has 1 spiro atoms. The number of hydrogen-bond acceptors (Lipinski definition) is 5. The lowest BCUT2D eigenvalue weighted by atomic mass is 9.95. The Balaban J connectivity index is 2.12. The van der Waals surface area contributed by atoms with E-state index in [9.17, 15) is 14.4 Å². The summed E-state index contributed by atoms with van der Waals surface area (Å²) in [4.78, 5) is 41.0. The summed E-state index contributed by atoms with van der Waals surface area (Å²) in [6.07, 6.45) is 2.55. The second-order valence-corrected chi connectivity index (χ2v) is 8.57. The first-order chi connectivity index (χ1) is 12.7. The molecule has 0 aromatic rings. The van der Waals surface area contributed by atoms with Crippen molar-refractivity contribution in [2.45, 2.75) is 72.0 Å². The van der Waals surface area contributed by atoms with Crippen molar-refractivity contribution in [2.75, 3.05) is 26.2 Å². The van der Waals surface area contributed by atoms with Gasteiger partial charge in [-0.2, -0.15) is 0 Å². The number of likely N-dealkylation sites (tertiary alicyclic amines) is 1. The Labute approximate surface area is 162 Å². The van der Waals surface area contributed by atoms with Gasteiger partial charge in [-0.15, -0.1) is 0 Å². The third kappa shape index (κ3) is 5.21. The number of rotatable bonds is 7. The zero-order valence-electron chi connectivity index (χ0n) is 17.4. The minimum absolute atomic E-state index is 0.0290. The largest absolute Gasteiger partial charge is 0.465 e. The van der Waals surface area contributed by atoms with Gasteiger partial charge in [0.2, 0.25) is 11.8 Å². The maximum absolute atomic E-state index is 13.0. The minimum atomic E-state index is -0.558. The van der Waals surface area contributed by atoms with E-state index < -0.39 is 5.66 Å². The van der Waals surface area contributed by atoms with E-state index in [1.807, 2.05) is 18.7 Å². The Morgan fingerprint density at radius 1 is 1.19 bits per heavy atom. The Kier molecular flexibility index (Phi) is 7.25. The van der Waals surface area contributed by atoms with Gasteiger partial charge in [-0.3, -0.25) is 19.7 Å². The summed E-state index contributed by atoms with van der Waals surface area (Å²) in [5.74, 6) is 0.461. The molecule has 0 bridgehead atoms. The van der Waals surface area contributed by atoms with Gasteiger partial charge in [0.1, 0.15) is 6.54 Å². The average Bonchev–Trinajstić information content (AvgIpc) is 2.80. The average molecular weight is 382 g/mol. The van der Waals surface area contributed by atoms with E-state index in [4.69, 9.17) is 4.74 Å². The van der Waals surface area contributed by atoms with E-state index >= 15 is 0 Å². The molecular formula is C20H35N3O4. The third-order valence-electron chi connectivity index (χ3n) is 5.35. The Bertz CT molecular complexity index is 553. The first kappa shape index (κ1) is 21.7. The summed E-state index contributed by atoms with van der Waals surface area (Å²) in [6, 6.07) is -0.280. The molecule has 154 valence electrons. The number of carbonyl (C=O) groups is 3. The van der Waals surface area contributed by atoms with Crippen molar-refractivity contribution in [2.24, 2.45) is 11.8 Å². The highest BCUT2D eigenvalue weighted by Crippen LogP contribution is 2.34. The molecule has 27 heavy (non-hydrogen) atoms. The van der Waals surface area contributed by atoms with Gasteiger partial charge in [-0.05, 0) is 25.2 Å². The van der Waals surface area contributed by atoms with Crippen molar-refractivity contribution in [3.05, 3.63) is 0 Å². The Hall–Kier alpha value is -1.63. The van der Waals surface area contributed by atoms with Crippen LogP contribution < -0.4 is 5.32 Å². The normalized spacial score (nSPS) is 22.2. The number of piperidine rings is 1. The standard InChI is InChI=1S/C20H35N3O4/c1-6-27-18(25)13-23-19(26)16(11-14(2)3)21-20(23)7-9-22(10-8-20)17(24)12-15(4)5/h14-16,21H,6-13H2,1-5H3. The first-order valence-corrected chi connectivity index (χ1v) is 10.2. The quantitative estimate of drug-likeness (QED) is 0.680. The highest BCUT2D eigenvalue weighted by atomic mass is 16.5. The van der Waals surface area contributed by atoms with Crippen molar-refractivity contribution >= 4 is 17.8 Å². The molecular weight excluding hydrogens is 346 g/mol. The topological polar surface area (TPSA) is 79.0 Å². The van der Waals surface area contributed by atoms with E-state index in [1.54, 1.807) is 11.8 Å². The van der Waals surface area contributed by atoms with Crippen LogP contribution in [0.5, 0.6) is 0 Å². The molecule has 0 aromatic heterocycles. The van der Waals surface area contributed by atoms with Crippen LogP contribution >= 0.6 is 0 Å². The maximum Gasteiger partial charge on any atom is 0.325 e. The first-order valence-electron chi connectivity index (χ1n) is 10.2. The molecule has 7 heteroatoms. The predicted molar refractivity (Wildman–Crippen MR) is 103 cm³/mol. The second kappa shape index (κ2) is 9.04. The molecule has 2 aliphatic rings. The van der Waals surface area contributed by atoms with Crippen LogP contribution in [-0.2, 0) is 19.1 Å². The van der Waals surface area contributed by atoms with Crippen LogP contribution in [0.4, 0.5) is 0 Å². The van der Waals surface area contributed by atoms with Crippen LogP contribution in [0.2, 0.25) is 0 Å². The zero-order valence-corrected chi connectivity index (χ0v) is 17.4. The van der Waals surface area contributed by atoms with Crippen LogP contribution in [0.25, 0.3) is 0 Å². The summed E-state index contributed by atoms with van der Waals surface area (Å²) in [5, 5.41) is 3.52. The number of nitrogens with one attached hydrogen (secondary N) is 1. The SMILES string of the molecule is CCOC(=O)CN1C(=O)C(CC(C)C)NC12CCN(C(=O)CC(C)C)CC2. The highest BCUT2D eigenvalue weighted by Gasteiger charge is 2.52. The van der Waals surface area contributed by atoms with Crippen molar-refractivity contribution in [1.29, 1.82) is 0 Å². The lowest BCUT2D eigenvalue weighted by Gasteiger charge is -2.44. The molecule has 0 aliphatic carbocycles. The van der Waals surface area contributed by atoms with Crippen LogP contribution in [0.1, 0.15) is 60.3 Å². The van der Waals surface area contributed by atoms with Crippen molar-refractivity contribution < 1.29 is 19.1 Å². The Morgan fingerprint density at radius 3 is 2.33 bits per heavy atom. The smallest absolute Gasteiger partial charge is 0.325 e.